The van der Waals surface area contributed by atoms with Gasteiger partial charge in [0.1, 0.15) is 11.7 Å². The molecule has 24 heavy (non-hydrogen) atoms. The molecule has 122 valence electrons. The topological polar surface area (TPSA) is 74.7 Å². The van der Waals surface area contributed by atoms with Gasteiger partial charge in [0.15, 0.2) is 5.78 Å². The number of nitrogens with zero attached hydrogens (tertiary/aromatic N) is 1. The average molecular weight is 327 g/mol. The maximum Gasteiger partial charge on any atom is 0.335 e. The molecule has 0 aliphatic carbocycles. The number of carbonyl (C=O) groups excluding carboxylic acids is 2. The lowest BCUT2D eigenvalue weighted by Crippen LogP contribution is -2.43. The molecule has 0 aromatic heterocycles. The lowest BCUT2D eigenvalue weighted by atomic mass is 9.85. The van der Waals surface area contributed by atoms with Crippen LogP contribution in [0, 0.1) is 11.7 Å². The summed E-state index contributed by atoms with van der Waals surface area (Å²) < 4.78 is 13.3. The first-order chi connectivity index (χ1) is 11.4. The van der Waals surface area contributed by atoms with E-state index in [2.05, 4.69) is 0 Å². The van der Waals surface area contributed by atoms with Crippen LogP contribution in [0.3, 0.4) is 0 Å². The van der Waals surface area contributed by atoms with E-state index in [0.717, 1.165) is 0 Å². The van der Waals surface area contributed by atoms with Gasteiger partial charge in [-0.15, -0.1) is 0 Å². The third-order valence-electron chi connectivity index (χ3n) is 4.14. The number of hydrogen-bond donors (Lipinski definition) is 1. The van der Waals surface area contributed by atoms with Crippen LogP contribution in [0.4, 0.5) is 10.1 Å². The Bertz CT molecular complexity index is 862. The molecule has 6 heteroatoms. The largest absolute Gasteiger partial charge is 0.478 e. The Morgan fingerprint density at radius 1 is 1.21 bits per heavy atom. The Hall–Kier alpha value is -3.02. The number of carboxylic acid groups (broad SMARTS) is 1. The lowest BCUT2D eigenvalue weighted by Gasteiger charge is -2.30. The quantitative estimate of drug-likeness (QED) is 0.879. The second-order valence-electron chi connectivity index (χ2n) is 5.69. The van der Waals surface area contributed by atoms with Crippen LogP contribution in [0.5, 0.6) is 0 Å². The standard InChI is InChI=1S/C18H14FNO4/c1-20-15-6-5-11(18(23)24)9-13(15)16(21)14(17(20)22)8-10-3-2-4-12(19)7-10/h2-7,9,14H,8H2,1H3,(H,23,24). The molecule has 1 aliphatic heterocycles. The van der Waals surface area contributed by atoms with E-state index in [1.807, 2.05) is 0 Å². The van der Waals surface area contributed by atoms with Gasteiger partial charge >= 0.3 is 5.97 Å². The van der Waals surface area contributed by atoms with E-state index in [0.29, 0.717) is 11.3 Å². The SMILES string of the molecule is CN1C(=O)C(Cc2cccc(F)c2)C(=O)c2cc(C(=O)O)ccc21. The van der Waals surface area contributed by atoms with E-state index in [4.69, 9.17) is 5.11 Å². The van der Waals surface area contributed by atoms with Gasteiger partial charge in [0.2, 0.25) is 5.91 Å². The van der Waals surface area contributed by atoms with Crippen LogP contribution in [0.15, 0.2) is 42.5 Å². The van der Waals surface area contributed by atoms with Crippen molar-refractivity contribution in [3.8, 4) is 0 Å². The minimum Gasteiger partial charge on any atom is -0.478 e. The van der Waals surface area contributed by atoms with Gasteiger partial charge in [0.05, 0.1) is 11.3 Å². The summed E-state index contributed by atoms with van der Waals surface area (Å²) in [6.45, 7) is 0. The molecule has 0 bridgehead atoms. The lowest BCUT2D eigenvalue weighted by molar-refractivity contribution is -0.121. The summed E-state index contributed by atoms with van der Waals surface area (Å²) in [6.07, 6.45) is 0.0660. The molecule has 0 saturated heterocycles. The van der Waals surface area contributed by atoms with Crippen molar-refractivity contribution in [2.24, 2.45) is 5.92 Å². The van der Waals surface area contributed by atoms with Crippen molar-refractivity contribution >= 4 is 23.3 Å². The van der Waals surface area contributed by atoms with Crippen molar-refractivity contribution in [3.63, 3.8) is 0 Å². The fraction of sp³-hybridized carbons (Fsp3) is 0.167. The first kappa shape index (κ1) is 15.9. The Balaban J connectivity index is 2.01. The smallest absolute Gasteiger partial charge is 0.335 e. The van der Waals surface area contributed by atoms with E-state index < -0.39 is 23.5 Å². The summed E-state index contributed by atoms with van der Waals surface area (Å²) >= 11 is 0. The zero-order chi connectivity index (χ0) is 17.4. The molecular formula is C18H14FNO4. The second-order valence-corrected chi connectivity index (χ2v) is 5.69. The molecule has 0 spiro atoms. The number of fused-ring (bicyclic) bond motifs is 1. The normalized spacial score (nSPS) is 16.9. The third kappa shape index (κ3) is 2.67. The first-order valence-corrected chi connectivity index (χ1v) is 7.32. The number of carboxylic acids is 1. The predicted molar refractivity (Wildman–Crippen MR) is 84.7 cm³/mol. The third-order valence-corrected chi connectivity index (χ3v) is 4.14. The molecule has 1 heterocycles. The highest BCUT2D eigenvalue weighted by Crippen LogP contribution is 2.32. The maximum absolute atomic E-state index is 13.3. The Morgan fingerprint density at radius 3 is 2.62 bits per heavy atom. The molecule has 0 fully saturated rings. The number of ketones is 1. The molecule has 1 unspecified atom stereocenters. The minimum absolute atomic E-state index is 0.0191. The van der Waals surface area contributed by atoms with E-state index in [-0.39, 0.29) is 23.5 Å². The average Bonchev–Trinajstić information content (AvgIpc) is 2.56. The van der Waals surface area contributed by atoms with Crippen molar-refractivity contribution < 1.29 is 23.9 Å². The highest BCUT2D eigenvalue weighted by Gasteiger charge is 2.38. The van der Waals surface area contributed by atoms with Crippen LogP contribution in [-0.2, 0) is 11.2 Å². The summed E-state index contributed by atoms with van der Waals surface area (Å²) in [4.78, 5) is 37.7. The first-order valence-electron chi connectivity index (χ1n) is 7.32. The van der Waals surface area contributed by atoms with Crippen LogP contribution in [0.2, 0.25) is 0 Å². The van der Waals surface area contributed by atoms with Gasteiger partial charge in [-0.2, -0.15) is 0 Å². The van der Waals surface area contributed by atoms with E-state index in [1.54, 1.807) is 6.07 Å². The number of hydrogen-bond acceptors (Lipinski definition) is 3. The number of Topliss-reactive ketones (excluding diaryl/α,β-unsaturated/α-hetero) is 1. The van der Waals surface area contributed by atoms with Crippen LogP contribution in [0.25, 0.3) is 0 Å². The van der Waals surface area contributed by atoms with Gasteiger partial charge in [0.25, 0.3) is 0 Å². The fourth-order valence-corrected chi connectivity index (χ4v) is 2.89. The molecule has 1 N–H and O–H groups in total. The summed E-state index contributed by atoms with van der Waals surface area (Å²) in [7, 11) is 1.53. The number of rotatable bonds is 3. The van der Waals surface area contributed by atoms with Crippen LogP contribution in [-0.4, -0.2) is 29.8 Å². The highest BCUT2D eigenvalue weighted by molar-refractivity contribution is 6.22. The van der Waals surface area contributed by atoms with E-state index >= 15 is 0 Å². The Morgan fingerprint density at radius 2 is 1.96 bits per heavy atom. The number of amides is 1. The van der Waals surface area contributed by atoms with Gasteiger partial charge in [-0.3, -0.25) is 9.59 Å². The molecule has 1 atom stereocenters. The van der Waals surface area contributed by atoms with Crippen LogP contribution in [0.1, 0.15) is 26.3 Å². The molecule has 0 saturated carbocycles. The van der Waals surface area contributed by atoms with Crippen molar-refractivity contribution in [1.29, 1.82) is 0 Å². The van der Waals surface area contributed by atoms with Crippen LogP contribution < -0.4 is 4.90 Å². The number of carbonyl (C=O) groups is 3. The van der Waals surface area contributed by atoms with E-state index in [9.17, 15) is 18.8 Å². The van der Waals surface area contributed by atoms with Gasteiger partial charge in [-0.1, -0.05) is 12.1 Å². The van der Waals surface area contributed by atoms with Crippen molar-refractivity contribution in [2.45, 2.75) is 6.42 Å². The molecule has 1 amide bonds. The number of anilines is 1. The Kier molecular flexibility index (Phi) is 3.89. The molecule has 0 radical (unpaired) electrons. The van der Waals surface area contributed by atoms with Gasteiger partial charge in [-0.25, -0.2) is 9.18 Å². The molecule has 3 rings (SSSR count). The molecule has 2 aromatic rings. The summed E-state index contributed by atoms with van der Waals surface area (Å²) in [6, 6.07) is 9.81. The summed E-state index contributed by atoms with van der Waals surface area (Å²) in [5.41, 5.74) is 1.09. The molecule has 2 aromatic carbocycles. The monoisotopic (exact) mass is 327 g/mol. The molecule has 1 aliphatic rings. The van der Waals surface area contributed by atoms with Gasteiger partial charge in [0, 0.05) is 12.6 Å². The molecular weight excluding hydrogens is 313 g/mol. The van der Waals surface area contributed by atoms with E-state index in [1.165, 1.54) is 48.3 Å². The number of benzene rings is 2. The molecule has 5 nitrogen and oxygen atoms in total. The predicted octanol–water partition coefficient (Wildman–Crippen LogP) is 2.54. The van der Waals surface area contributed by atoms with Gasteiger partial charge < -0.3 is 10.0 Å². The van der Waals surface area contributed by atoms with Crippen molar-refractivity contribution in [3.05, 3.63) is 65.0 Å². The zero-order valence-electron chi connectivity index (χ0n) is 12.8. The van der Waals surface area contributed by atoms with Crippen LogP contribution >= 0.6 is 0 Å². The summed E-state index contributed by atoms with van der Waals surface area (Å²) in [5, 5.41) is 9.09. The van der Waals surface area contributed by atoms with Gasteiger partial charge in [-0.05, 0) is 42.3 Å². The maximum atomic E-state index is 13.3. The fourth-order valence-electron chi connectivity index (χ4n) is 2.89. The zero-order valence-corrected chi connectivity index (χ0v) is 12.8. The highest BCUT2D eigenvalue weighted by atomic mass is 19.1. The summed E-state index contributed by atoms with van der Waals surface area (Å²) in [5.74, 6) is -3.41. The van der Waals surface area contributed by atoms with Crippen molar-refractivity contribution in [1.82, 2.24) is 0 Å². The minimum atomic E-state index is -1.15. The second kappa shape index (κ2) is 5.88. The number of halogens is 1. The van der Waals surface area contributed by atoms with Crippen molar-refractivity contribution in [2.75, 3.05) is 11.9 Å². The number of aromatic carboxylic acids is 1. The Labute approximate surface area is 137 Å².